The van der Waals surface area contributed by atoms with Crippen molar-refractivity contribution in [3.63, 3.8) is 0 Å². The summed E-state index contributed by atoms with van der Waals surface area (Å²) in [5, 5.41) is 0. The van der Waals surface area contributed by atoms with Crippen molar-refractivity contribution in [3.8, 4) is 0 Å². The van der Waals surface area contributed by atoms with E-state index < -0.39 is 6.04 Å². The van der Waals surface area contributed by atoms with Crippen molar-refractivity contribution in [2.45, 2.75) is 26.8 Å². The number of carbonyl (C=O) groups excluding carboxylic acids is 2. The van der Waals surface area contributed by atoms with Gasteiger partial charge in [-0.15, -0.1) is 0 Å². The number of hydrogen-bond acceptors (Lipinski definition) is 2. The van der Waals surface area contributed by atoms with Gasteiger partial charge in [-0.05, 0) is 67.3 Å². The highest BCUT2D eigenvalue weighted by Crippen LogP contribution is 2.33. The molecule has 1 heterocycles. The van der Waals surface area contributed by atoms with Gasteiger partial charge in [0.1, 0.15) is 12.6 Å². The third-order valence-electron chi connectivity index (χ3n) is 5.76. The third kappa shape index (κ3) is 4.26. The molecule has 32 heavy (non-hydrogen) atoms. The number of aryl methyl sites for hydroxylation is 2. The van der Waals surface area contributed by atoms with Gasteiger partial charge in [-0.1, -0.05) is 70.5 Å². The molecule has 0 saturated carbocycles. The first-order valence-corrected chi connectivity index (χ1v) is 11.3. The summed E-state index contributed by atoms with van der Waals surface area (Å²) in [7, 11) is 0. The molecule has 0 radical (unpaired) electrons. The number of amides is 2. The number of para-hydroxylation sites is 1. The van der Waals surface area contributed by atoms with Crippen molar-refractivity contribution in [1.82, 2.24) is 0 Å². The first-order valence-electron chi connectivity index (χ1n) is 10.6. The maximum atomic E-state index is 13.9. The zero-order valence-corrected chi connectivity index (χ0v) is 20.0. The highest BCUT2D eigenvalue weighted by atomic mass is 79.9. The van der Waals surface area contributed by atoms with Crippen LogP contribution < -0.4 is 9.80 Å². The second-order valence-electron chi connectivity index (χ2n) is 8.11. The quantitative estimate of drug-likeness (QED) is 0.457. The van der Waals surface area contributed by atoms with Gasteiger partial charge >= 0.3 is 0 Å². The molecule has 0 spiro atoms. The van der Waals surface area contributed by atoms with Gasteiger partial charge in [-0.3, -0.25) is 14.5 Å². The zero-order valence-electron chi connectivity index (χ0n) is 18.4. The molecule has 162 valence electrons. The van der Waals surface area contributed by atoms with Crippen molar-refractivity contribution >= 4 is 45.2 Å². The van der Waals surface area contributed by atoms with E-state index >= 15 is 0 Å². The van der Waals surface area contributed by atoms with E-state index in [2.05, 4.69) is 15.9 Å². The van der Waals surface area contributed by atoms with E-state index in [0.29, 0.717) is 5.69 Å². The van der Waals surface area contributed by atoms with Crippen LogP contribution in [0.4, 0.5) is 11.4 Å². The van der Waals surface area contributed by atoms with Crippen molar-refractivity contribution in [1.29, 1.82) is 0 Å². The molecule has 1 unspecified atom stereocenters. The average molecular weight is 489 g/mol. The Hall–Kier alpha value is -3.18. The van der Waals surface area contributed by atoms with Gasteiger partial charge in [0, 0.05) is 10.2 Å². The Kier molecular flexibility index (Phi) is 6.28. The standard InChI is InChI=1S/C27H25BrN2O2/c1-18-8-7-9-19(2)25(18)29-17-24(31)30(23-14-12-22(28)13-15-23)26(27(29)32)20(3)16-21-10-5-4-6-11-21/h4-16,26H,17H2,1-3H3. The SMILES string of the molecule is CC(=Cc1ccccc1)C1C(=O)N(c2c(C)cccc2C)CC(=O)N1c1ccc(Br)cc1. The van der Waals surface area contributed by atoms with Crippen LogP contribution in [0.2, 0.25) is 0 Å². The van der Waals surface area contributed by atoms with E-state index in [9.17, 15) is 9.59 Å². The topological polar surface area (TPSA) is 40.6 Å². The predicted octanol–water partition coefficient (Wildman–Crippen LogP) is 5.92. The molecule has 0 bridgehead atoms. The summed E-state index contributed by atoms with van der Waals surface area (Å²) >= 11 is 3.45. The maximum Gasteiger partial charge on any atom is 0.254 e. The van der Waals surface area contributed by atoms with E-state index in [-0.39, 0.29) is 18.4 Å². The molecule has 3 aromatic rings. The highest BCUT2D eigenvalue weighted by Gasteiger charge is 2.42. The van der Waals surface area contributed by atoms with Crippen LogP contribution in [0.1, 0.15) is 23.6 Å². The fourth-order valence-corrected chi connectivity index (χ4v) is 4.56. The molecule has 0 aromatic heterocycles. The lowest BCUT2D eigenvalue weighted by Gasteiger charge is -2.41. The number of anilines is 2. The molecule has 1 aliphatic rings. The molecule has 4 nitrogen and oxygen atoms in total. The molecule has 1 fully saturated rings. The highest BCUT2D eigenvalue weighted by molar-refractivity contribution is 9.10. The molecular weight excluding hydrogens is 464 g/mol. The number of benzene rings is 3. The molecule has 1 aliphatic heterocycles. The summed E-state index contributed by atoms with van der Waals surface area (Å²) in [6.07, 6.45) is 1.98. The van der Waals surface area contributed by atoms with Crippen LogP contribution in [0.25, 0.3) is 6.08 Å². The second kappa shape index (κ2) is 9.13. The van der Waals surface area contributed by atoms with Crippen LogP contribution in [-0.4, -0.2) is 24.4 Å². The Morgan fingerprint density at radius 2 is 1.53 bits per heavy atom. The molecule has 4 rings (SSSR count). The van der Waals surface area contributed by atoms with Crippen molar-refractivity contribution in [2.24, 2.45) is 0 Å². The fraction of sp³-hybridized carbons (Fsp3) is 0.185. The number of piperazine rings is 1. The van der Waals surface area contributed by atoms with E-state index in [1.54, 1.807) is 9.80 Å². The first-order chi connectivity index (χ1) is 15.4. The molecule has 2 amide bonds. The lowest BCUT2D eigenvalue weighted by molar-refractivity contribution is -0.127. The van der Waals surface area contributed by atoms with Crippen LogP contribution in [0.3, 0.4) is 0 Å². The van der Waals surface area contributed by atoms with Crippen LogP contribution >= 0.6 is 15.9 Å². The molecular formula is C27H25BrN2O2. The number of hydrogen-bond donors (Lipinski definition) is 0. The van der Waals surface area contributed by atoms with E-state index in [4.69, 9.17) is 0 Å². The van der Waals surface area contributed by atoms with Gasteiger partial charge in [0.15, 0.2) is 0 Å². The number of nitrogens with zero attached hydrogens (tertiary/aromatic N) is 2. The lowest BCUT2D eigenvalue weighted by Crippen LogP contribution is -2.61. The van der Waals surface area contributed by atoms with Gasteiger partial charge in [0.2, 0.25) is 5.91 Å². The zero-order chi connectivity index (χ0) is 22.8. The van der Waals surface area contributed by atoms with E-state index in [1.807, 2.05) is 99.6 Å². The minimum absolute atomic E-state index is 0.00963. The van der Waals surface area contributed by atoms with Crippen molar-refractivity contribution < 1.29 is 9.59 Å². The molecule has 5 heteroatoms. The third-order valence-corrected chi connectivity index (χ3v) is 6.29. The van der Waals surface area contributed by atoms with Gasteiger partial charge in [-0.25, -0.2) is 0 Å². The van der Waals surface area contributed by atoms with Gasteiger partial charge in [0.25, 0.3) is 5.91 Å². The number of rotatable bonds is 4. The fourth-order valence-electron chi connectivity index (χ4n) is 4.30. The molecule has 1 saturated heterocycles. The van der Waals surface area contributed by atoms with Crippen molar-refractivity contribution in [2.75, 3.05) is 16.3 Å². The number of halogens is 1. The minimum Gasteiger partial charge on any atom is -0.300 e. The lowest BCUT2D eigenvalue weighted by atomic mass is 9.97. The molecule has 3 aromatic carbocycles. The van der Waals surface area contributed by atoms with Gasteiger partial charge in [-0.2, -0.15) is 0 Å². The Bertz CT molecular complexity index is 1170. The van der Waals surface area contributed by atoms with Gasteiger partial charge in [0.05, 0.1) is 5.69 Å². The average Bonchev–Trinajstić information content (AvgIpc) is 2.77. The monoisotopic (exact) mass is 488 g/mol. The predicted molar refractivity (Wildman–Crippen MR) is 134 cm³/mol. The Morgan fingerprint density at radius 1 is 0.906 bits per heavy atom. The largest absolute Gasteiger partial charge is 0.300 e. The van der Waals surface area contributed by atoms with Gasteiger partial charge < -0.3 is 4.90 Å². The summed E-state index contributed by atoms with van der Waals surface area (Å²) in [6.45, 7) is 5.88. The Labute approximate surface area is 197 Å². The second-order valence-corrected chi connectivity index (χ2v) is 9.02. The van der Waals surface area contributed by atoms with Crippen molar-refractivity contribution in [3.05, 3.63) is 99.5 Å². The molecule has 0 N–H and O–H groups in total. The first kappa shape index (κ1) is 22.0. The molecule has 1 atom stereocenters. The molecule has 0 aliphatic carbocycles. The smallest absolute Gasteiger partial charge is 0.254 e. The summed E-state index contributed by atoms with van der Waals surface area (Å²) in [4.78, 5) is 30.7. The van der Waals surface area contributed by atoms with Crippen LogP contribution in [0.5, 0.6) is 0 Å². The van der Waals surface area contributed by atoms with E-state index in [0.717, 1.165) is 32.4 Å². The van der Waals surface area contributed by atoms with E-state index in [1.165, 1.54) is 0 Å². The maximum absolute atomic E-state index is 13.9. The Balaban J connectivity index is 1.83. The van der Waals surface area contributed by atoms with Crippen LogP contribution in [0.15, 0.2) is 82.8 Å². The summed E-state index contributed by atoms with van der Waals surface area (Å²) in [5.41, 5.74) is 5.29. The summed E-state index contributed by atoms with van der Waals surface area (Å²) in [5.74, 6) is -0.213. The Morgan fingerprint density at radius 3 is 2.16 bits per heavy atom. The summed E-state index contributed by atoms with van der Waals surface area (Å²) in [6, 6.07) is 22.6. The van der Waals surface area contributed by atoms with Crippen LogP contribution in [0, 0.1) is 13.8 Å². The minimum atomic E-state index is -0.725. The summed E-state index contributed by atoms with van der Waals surface area (Å²) < 4.78 is 0.919. The number of carbonyl (C=O) groups is 2. The normalized spacial score (nSPS) is 17.1. The van der Waals surface area contributed by atoms with Crippen LogP contribution in [-0.2, 0) is 9.59 Å².